The number of nitrogens with zero attached hydrogens (tertiary/aromatic N) is 3. The molecule has 4 nitrogen and oxygen atoms in total. The first kappa shape index (κ1) is 17.3. The van der Waals surface area contributed by atoms with E-state index in [-0.39, 0.29) is 18.2 Å². The molecular formula is C16H18ClF3N4. The Morgan fingerprint density at radius 2 is 2.17 bits per heavy atom. The molecule has 1 unspecified atom stereocenters. The molecule has 0 saturated carbocycles. The Balaban J connectivity index is 1.88. The fraction of sp³-hybridized carbons (Fsp3) is 0.438. The Kier molecular flexibility index (Phi) is 4.85. The normalized spacial score (nSPS) is 19.6. The summed E-state index contributed by atoms with van der Waals surface area (Å²) in [6.45, 7) is 2.26. The molecule has 1 atom stereocenters. The van der Waals surface area contributed by atoms with Crippen molar-refractivity contribution in [2.75, 3.05) is 19.6 Å². The zero-order chi connectivity index (χ0) is 17.3. The number of halogens is 4. The van der Waals surface area contributed by atoms with Gasteiger partial charge in [-0.3, -0.25) is 9.58 Å². The van der Waals surface area contributed by atoms with Crippen molar-refractivity contribution in [3.8, 4) is 0 Å². The Morgan fingerprint density at radius 1 is 1.38 bits per heavy atom. The molecule has 1 aromatic carbocycles. The van der Waals surface area contributed by atoms with Crippen molar-refractivity contribution in [2.45, 2.75) is 18.8 Å². The average molecular weight is 359 g/mol. The highest BCUT2D eigenvalue weighted by Crippen LogP contribution is 2.33. The second-order valence-corrected chi connectivity index (χ2v) is 6.32. The number of benzene rings is 1. The number of piperazine rings is 1. The summed E-state index contributed by atoms with van der Waals surface area (Å²) in [5.41, 5.74) is 0.497. The molecule has 8 heteroatoms. The van der Waals surface area contributed by atoms with E-state index in [1.54, 1.807) is 6.07 Å². The summed E-state index contributed by atoms with van der Waals surface area (Å²) in [6.07, 6.45) is -3.11. The number of nitrogens with one attached hydrogen (secondary N) is 1. The second-order valence-electron chi connectivity index (χ2n) is 5.89. The van der Waals surface area contributed by atoms with Gasteiger partial charge in [-0.15, -0.1) is 0 Å². The number of alkyl halides is 3. The van der Waals surface area contributed by atoms with Crippen molar-refractivity contribution in [1.82, 2.24) is 20.0 Å². The van der Waals surface area contributed by atoms with Gasteiger partial charge in [0, 0.05) is 49.9 Å². The summed E-state index contributed by atoms with van der Waals surface area (Å²) in [5, 5.41) is 7.71. The lowest BCUT2D eigenvalue weighted by Crippen LogP contribution is -2.45. The highest BCUT2D eigenvalue weighted by atomic mass is 35.5. The fourth-order valence-corrected chi connectivity index (χ4v) is 3.36. The third-order valence-corrected chi connectivity index (χ3v) is 4.48. The first-order valence-electron chi connectivity index (χ1n) is 7.64. The third-order valence-electron chi connectivity index (χ3n) is 4.24. The van der Waals surface area contributed by atoms with E-state index in [1.807, 2.05) is 23.1 Å². The molecule has 2 aromatic rings. The molecule has 1 aliphatic rings. The zero-order valence-corrected chi connectivity index (χ0v) is 13.9. The topological polar surface area (TPSA) is 33.1 Å². The molecule has 130 valence electrons. The van der Waals surface area contributed by atoms with Gasteiger partial charge in [0.05, 0.1) is 6.20 Å². The molecule has 1 N–H and O–H groups in total. The number of aromatic nitrogens is 2. The van der Waals surface area contributed by atoms with Crippen LogP contribution in [-0.2, 0) is 19.8 Å². The van der Waals surface area contributed by atoms with Gasteiger partial charge in [0.15, 0.2) is 0 Å². The van der Waals surface area contributed by atoms with E-state index in [1.165, 1.54) is 13.2 Å². The van der Waals surface area contributed by atoms with Gasteiger partial charge in [0.1, 0.15) is 5.69 Å². The predicted octanol–water partition coefficient (Wildman–Crippen LogP) is 3.24. The zero-order valence-electron chi connectivity index (χ0n) is 13.1. The standard InChI is InChI=1S/C16H18ClF3N4/c1-23-15(16(18,19)20)12(8-22-23)10-24-6-5-21-9-14(24)11-3-2-4-13(17)7-11/h2-4,7-8,14,21H,5-6,9-10H2,1H3. The minimum absolute atomic E-state index is 0.0289. The molecule has 2 heterocycles. The minimum Gasteiger partial charge on any atom is -0.314 e. The van der Waals surface area contributed by atoms with Crippen molar-refractivity contribution in [3.05, 3.63) is 52.3 Å². The highest BCUT2D eigenvalue weighted by molar-refractivity contribution is 6.30. The molecular weight excluding hydrogens is 341 g/mol. The van der Waals surface area contributed by atoms with Gasteiger partial charge in [-0.1, -0.05) is 23.7 Å². The largest absolute Gasteiger partial charge is 0.433 e. The maximum atomic E-state index is 13.3. The average Bonchev–Trinajstić information content (AvgIpc) is 2.88. The molecule has 24 heavy (non-hydrogen) atoms. The van der Waals surface area contributed by atoms with E-state index in [2.05, 4.69) is 10.4 Å². The van der Waals surface area contributed by atoms with Crippen molar-refractivity contribution >= 4 is 11.6 Å². The smallest absolute Gasteiger partial charge is 0.314 e. The van der Waals surface area contributed by atoms with Gasteiger partial charge in [0.25, 0.3) is 0 Å². The van der Waals surface area contributed by atoms with Crippen LogP contribution in [0.1, 0.15) is 22.9 Å². The fourth-order valence-electron chi connectivity index (χ4n) is 3.16. The van der Waals surface area contributed by atoms with E-state index >= 15 is 0 Å². The lowest BCUT2D eigenvalue weighted by Gasteiger charge is -2.36. The molecule has 0 bridgehead atoms. The minimum atomic E-state index is -4.42. The lowest BCUT2D eigenvalue weighted by atomic mass is 10.0. The number of hydrogen-bond acceptors (Lipinski definition) is 3. The first-order chi connectivity index (χ1) is 11.4. The molecule has 3 rings (SSSR count). The van der Waals surface area contributed by atoms with Gasteiger partial charge < -0.3 is 5.32 Å². The molecule has 1 aliphatic heterocycles. The third kappa shape index (κ3) is 3.58. The SMILES string of the molecule is Cn1ncc(CN2CCNCC2c2cccc(Cl)c2)c1C(F)(F)F. The number of hydrogen-bond donors (Lipinski definition) is 1. The molecule has 1 aromatic heterocycles. The summed E-state index contributed by atoms with van der Waals surface area (Å²) in [5.74, 6) is 0. The van der Waals surface area contributed by atoms with Crippen LogP contribution >= 0.6 is 11.6 Å². The summed E-state index contributed by atoms with van der Waals surface area (Å²) >= 11 is 6.06. The molecule has 1 fully saturated rings. The lowest BCUT2D eigenvalue weighted by molar-refractivity contribution is -0.144. The van der Waals surface area contributed by atoms with E-state index in [0.717, 1.165) is 16.8 Å². The first-order valence-corrected chi connectivity index (χ1v) is 8.02. The quantitative estimate of drug-likeness (QED) is 0.914. The maximum Gasteiger partial charge on any atom is 0.433 e. The summed E-state index contributed by atoms with van der Waals surface area (Å²) in [7, 11) is 1.32. The van der Waals surface area contributed by atoms with Gasteiger partial charge in [-0.2, -0.15) is 18.3 Å². The monoisotopic (exact) mass is 358 g/mol. The van der Waals surface area contributed by atoms with Crippen LogP contribution in [0.15, 0.2) is 30.5 Å². The maximum absolute atomic E-state index is 13.3. The van der Waals surface area contributed by atoms with E-state index < -0.39 is 11.9 Å². The van der Waals surface area contributed by atoms with Crippen LogP contribution in [0.4, 0.5) is 13.2 Å². The summed E-state index contributed by atoms with van der Waals surface area (Å²) in [6, 6.07) is 7.42. The van der Waals surface area contributed by atoms with Gasteiger partial charge in [-0.25, -0.2) is 0 Å². The van der Waals surface area contributed by atoms with Crippen LogP contribution in [0, 0.1) is 0 Å². The highest BCUT2D eigenvalue weighted by Gasteiger charge is 2.38. The van der Waals surface area contributed by atoms with Gasteiger partial charge in [-0.05, 0) is 17.7 Å². The Morgan fingerprint density at radius 3 is 2.88 bits per heavy atom. The van der Waals surface area contributed by atoms with Crippen LogP contribution < -0.4 is 5.32 Å². The molecule has 0 aliphatic carbocycles. The van der Waals surface area contributed by atoms with E-state index in [4.69, 9.17) is 11.6 Å². The van der Waals surface area contributed by atoms with Crippen molar-refractivity contribution < 1.29 is 13.2 Å². The van der Waals surface area contributed by atoms with Crippen molar-refractivity contribution in [2.24, 2.45) is 7.05 Å². The van der Waals surface area contributed by atoms with Crippen LogP contribution in [0.3, 0.4) is 0 Å². The van der Waals surface area contributed by atoms with Gasteiger partial charge in [0.2, 0.25) is 0 Å². The van der Waals surface area contributed by atoms with Crippen molar-refractivity contribution in [1.29, 1.82) is 0 Å². The van der Waals surface area contributed by atoms with Crippen LogP contribution in [0.25, 0.3) is 0 Å². The Hall–Kier alpha value is -1.57. The second kappa shape index (κ2) is 6.74. The number of aryl methyl sites for hydroxylation is 1. The Bertz CT molecular complexity index is 714. The van der Waals surface area contributed by atoms with E-state index in [9.17, 15) is 13.2 Å². The molecule has 0 amide bonds. The van der Waals surface area contributed by atoms with Crippen molar-refractivity contribution in [3.63, 3.8) is 0 Å². The van der Waals surface area contributed by atoms with Crippen LogP contribution in [0.2, 0.25) is 5.02 Å². The molecule has 0 radical (unpaired) electrons. The van der Waals surface area contributed by atoms with Crippen LogP contribution in [0.5, 0.6) is 0 Å². The molecule has 0 spiro atoms. The summed E-state index contributed by atoms with van der Waals surface area (Å²) < 4.78 is 40.7. The summed E-state index contributed by atoms with van der Waals surface area (Å²) in [4.78, 5) is 2.04. The van der Waals surface area contributed by atoms with Crippen LogP contribution in [-0.4, -0.2) is 34.3 Å². The predicted molar refractivity (Wildman–Crippen MR) is 85.7 cm³/mol. The Labute approximate surface area is 143 Å². The van der Waals surface area contributed by atoms with Gasteiger partial charge >= 0.3 is 6.18 Å². The number of rotatable bonds is 3. The molecule has 1 saturated heterocycles. The van der Waals surface area contributed by atoms with E-state index in [0.29, 0.717) is 18.1 Å².